The highest BCUT2D eigenvalue weighted by molar-refractivity contribution is 5.87. The molecule has 0 radical (unpaired) electrons. The van der Waals surface area contributed by atoms with Gasteiger partial charge in [-0.15, -0.1) is 0 Å². The number of benzene rings is 1. The summed E-state index contributed by atoms with van der Waals surface area (Å²) < 4.78 is 0. The zero-order chi connectivity index (χ0) is 20.8. The van der Waals surface area contributed by atoms with Crippen LogP contribution in [-0.4, -0.2) is 64.6 Å². The largest absolute Gasteiger partial charge is 0.483 e. The van der Waals surface area contributed by atoms with Crippen molar-refractivity contribution >= 4 is 17.2 Å². The van der Waals surface area contributed by atoms with E-state index in [2.05, 4.69) is 32.9 Å². The van der Waals surface area contributed by atoms with Crippen LogP contribution in [0.2, 0.25) is 0 Å². The molecule has 29 heavy (non-hydrogen) atoms. The minimum Gasteiger partial charge on any atom is -0.483 e. The Morgan fingerprint density at radius 2 is 1.86 bits per heavy atom. The number of aromatic nitrogens is 2. The maximum absolute atomic E-state index is 12.4. The summed E-state index contributed by atoms with van der Waals surface area (Å²) in [5.41, 5.74) is 3.87. The number of H-pyrrole nitrogens is 1. The summed E-state index contributed by atoms with van der Waals surface area (Å²) in [6, 6.07) is 12.0. The first-order chi connectivity index (χ1) is 14.0. The number of pyridine rings is 2. The lowest BCUT2D eigenvalue weighted by atomic mass is 10.0. The number of carbonyl (C=O) groups is 1. The maximum atomic E-state index is 12.4. The molecule has 7 heteroatoms. The van der Waals surface area contributed by atoms with Crippen molar-refractivity contribution in [3.05, 3.63) is 64.2 Å². The molecule has 0 aliphatic carbocycles. The van der Waals surface area contributed by atoms with Crippen molar-refractivity contribution in [1.29, 1.82) is 0 Å². The Labute approximate surface area is 169 Å². The van der Waals surface area contributed by atoms with Crippen LogP contribution >= 0.6 is 0 Å². The highest BCUT2D eigenvalue weighted by Crippen LogP contribution is 2.22. The Kier molecular flexibility index (Phi) is 6.74. The fourth-order valence-electron chi connectivity index (χ4n) is 3.51. The fraction of sp³-hybridized carbons (Fsp3) is 0.318. The Bertz CT molecular complexity index is 1020. The number of aromatic amines is 1. The lowest BCUT2D eigenvalue weighted by Gasteiger charge is -2.32. The number of piperazine rings is 1. The van der Waals surface area contributed by atoms with Crippen molar-refractivity contribution in [3.8, 4) is 11.3 Å². The summed E-state index contributed by atoms with van der Waals surface area (Å²) in [5.74, 6) is 0. The quantitative estimate of drug-likeness (QED) is 0.663. The van der Waals surface area contributed by atoms with Gasteiger partial charge in [-0.3, -0.25) is 19.5 Å². The molecule has 2 N–H and O–H groups in total. The van der Waals surface area contributed by atoms with Gasteiger partial charge in [0, 0.05) is 49.9 Å². The first-order valence-corrected chi connectivity index (χ1v) is 9.58. The second-order valence-electron chi connectivity index (χ2n) is 7.27. The van der Waals surface area contributed by atoms with Crippen LogP contribution < -0.4 is 5.56 Å². The first-order valence-electron chi connectivity index (χ1n) is 9.58. The lowest BCUT2D eigenvalue weighted by molar-refractivity contribution is -0.122. The Morgan fingerprint density at radius 3 is 2.52 bits per heavy atom. The van der Waals surface area contributed by atoms with Crippen LogP contribution in [0.25, 0.3) is 22.0 Å². The number of hydrogen-bond donors (Lipinski definition) is 2. The fourth-order valence-corrected chi connectivity index (χ4v) is 3.51. The van der Waals surface area contributed by atoms with Crippen molar-refractivity contribution in [1.82, 2.24) is 19.8 Å². The number of fused-ring (bicyclic) bond motifs is 1. The third-order valence-electron chi connectivity index (χ3n) is 5.22. The highest BCUT2D eigenvalue weighted by Gasteiger charge is 2.14. The highest BCUT2D eigenvalue weighted by atomic mass is 16.3. The second kappa shape index (κ2) is 9.45. The summed E-state index contributed by atoms with van der Waals surface area (Å²) in [7, 11) is 2.16. The summed E-state index contributed by atoms with van der Waals surface area (Å²) in [6.07, 6.45) is 1.86. The molecule has 2 aromatic heterocycles. The molecule has 3 aromatic rings. The van der Waals surface area contributed by atoms with E-state index < -0.39 is 0 Å². The SMILES string of the molecule is Cc1cccc2c(=O)[nH]c(-c3ccc(CN4CCN(C)CC4)nc3)cc12.O=CO. The minimum absolute atomic E-state index is 0.0530. The van der Waals surface area contributed by atoms with E-state index in [1.165, 1.54) is 0 Å². The Hall–Kier alpha value is -3.03. The van der Waals surface area contributed by atoms with Crippen molar-refractivity contribution in [2.45, 2.75) is 13.5 Å². The maximum Gasteiger partial charge on any atom is 0.290 e. The number of hydrogen-bond acceptors (Lipinski definition) is 5. The zero-order valence-corrected chi connectivity index (χ0v) is 16.8. The number of likely N-dealkylation sites (N-methyl/N-ethyl adjacent to an activating group) is 1. The predicted molar refractivity (Wildman–Crippen MR) is 114 cm³/mol. The Morgan fingerprint density at radius 1 is 1.14 bits per heavy atom. The van der Waals surface area contributed by atoms with Gasteiger partial charge in [0.05, 0.1) is 11.4 Å². The number of aryl methyl sites for hydroxylation is 1. The first kappa shape index (κ1) is 20.7. The van der Waals surface area contributed by atoms with E-state index in [0.717, 1.165) is 66.0 Å². The molecule has 1 aromatic carbocycles. The number of nitrogens with zero attached hydrogens (tertiary/aromatic N) is 3. The molecule has 0 amide bonds. The Balaban J connectivity index is 0.000000755. The van der Waals surface area contributed by atoms with Gasteiger partial charge in [0.1, 0.15) is 0 Å². The van der Waals surface area contributed by atoms with Crippen molar-refractivity contribution in [2.24, 2.45) is 0 Å². The third kappa shape index (κ3) is 5.07. The molecule has 0 spiro atoms. The third-order valence-corrected chi connectivity index (χ3v) is 5.22. The molecule has 1 fully saturated rings. The summed E-state index contributed by atoms with van der Waals surface area (Å²) in [4.78, 5) is 33.2. The molecular formula is C22H26N4O3. The van der Waals surface area contributed by atoms with E-state index in [4.69, 9.17) is 9.90 Å². The summed E-state index contributed by atoms with van der Waals surface area (Å²) in [5, 5.41) is 8.61. The van der Waals surface area contributed by atoms with E-state index in [0.29, 0.717) is 0 Å². The summed E-state index contributed by atoms with van der Waals surface area (Å²) >= 11 is 0. The molecule has 0 saturated carbocycles. The lowest BCUT2D eigenvalue weighted by Crippen LogP contribution is -2.43. The van der Waals surface area contributed by atoms with E-state index in [1.54, 1.807) is 0 Å². The van der Waals surface area contributed by atoms with Gasteiger partial charge in [-0.1, -0.05) is 12.1 Å². The predicted octanol–water partition coefficient (Wildman–Crippen LogP) is 2.35. The normalized spacial score (nSPS) is 15.0. The summed E-state index contributed by atoms with van der Waals surface area (Å²) in [6.45, 7) is 7.03. The van der Waals surface area contributed by atoms with Gasteiger partial charge in [0.2, 0.25) is 0 Å². The van der Waals surface area contributed by atoms with Crippen molar-refractivity contribution in [2.75, 3.05) is 33.2 Å². The molecule has 152 valence electrons. The smallest absolute Gasteiger partial charge is 0.290 e. The van der Waals surface area contributed by atoms with Crippen LogP contribution in [0, 0.1) is 6.92 Å². The van der Waals surface area contributed by atoms with Crippen molar-refractivity contribution in [3.63, 3.8) is 0 Å². The van der Waals surface area contributed by atoms with Gasteiger partial charge in [-0.05, 0) is 49.2 Å². The van der Waals surface area contributed by atoms with Crippen LogP contribution in [0.5, 0.6) is 0 Å². The number of rotatable bonds is 3. The molecule has 1 aliphatic rings. The van der Waals surface area contributed by atoms with Gasteiger partial charge in [-0.2, -0.15) is 0 Å². The van der Waals surface area contributed by atoms with E-state index in [1.807, 2.05) is 43.5 Å². The molecule has 0 unspecified atom stereocenters. The van der Waals surface area contributed by atoms with Crippen molar-refractivity contribution < 1.29 is 9.90 Å². The molecule has 4 rings (SSSR count). The van der Waals surface area contributed by atoms with Crippen LogP contribution in [0.15, 0.2) is 47.4 Å². The minimum atomic E-state index is -0.250. The van der Waals surface area contributed by atoms with Gasteiger partial charge in [0.25, 0.3) is 12.0 Å². The average Bonchev–Trinajstić information content (AvgIpc) is 2.72. The molecule has 0 atom stereocenters. The monoisotopic (exact) mass is 394 g/mol. The van der Waals surface area contributed by atoms with Crippen LogP contribution in [-0.2, 0) is 11.3 Å². The van der Waals surface area contributed by atoms with Crippen LogP contribution in [0.1, 0.15) is 11.3 Å². The standard InChI is InChI=1S/C21H24N4O.CH2O2/c1-15-4-3-5-18-19(15)12-20(23-21(18)26)16-6-7-17(22-13-16)14-25-10-8-24(2)9-11-25;2-1-3/h3-7,12-13H,8-11,14H2,1-2H3,(H,23,26);1H,(H,2,3). The molecular weight excluding hydrogens is 368 g/mol. The van der Waals surface area contributed by atoms with Crippen LogP contribution in [0.4, 0.5) is 0 Å². The number of nitrogens with one attached hydrogen (secondary N) is 1. The molecule has 1 saturated heterocycles. The topological polar surface area (TPSA) is 89.5 Å². The van der Waals surface area contributed by atoms with Crippen LogP contribution in [0.3, 0.4) is 0 Å². The number of carboxylic acid groups (broad SMARTS) is 1. The van der Waals surface area contributed by atoms with Gasteiger partial charge >= 0.3 is 0 Å². The molecule has 7 nitrogen and oxygen atoms in total. The average molecular weight is 394 g/mol. The molecule has 3 heterocycles. The van der Waals surface area contributed by atoms with E-state index in [-0.39, 0.29) is 12.0 Å². The van der Waals surface area contributed by atoms with E-state index in [9.17, 15) is 4.79 Å². The van der Waals surface area contributed by atoms with Gasteiger partial charge in [0.15, 0.2) is 0 Å². The van der Waals surface area contributed by atoms with Gasteiger partial charge < -0.3 is 15.0 Å². The zero-order valence-electron chi connectivity index (χ0n) is 16.8. The second-order valence-corrected chi connectivity index (χ2v) is 7.27. The molecule has 1 aliphatic heterocycles. The van der Waals surface area contributed by atoms with E-state index >= 15 is 0 Å². The van der Waals surface area contributed by atoms with Gasteiger partial charge in [-0.25, -0.2) is 0 Å². The molecule has 0 bridgehead atoms.